The summed E-state index contributed by atoms with van der Waals surface area (Å²) in [6, 6.07) is -2.90. The van der Waals surface area contributed by atoms with E-state index < -0.39 is 59.2 Å². The molecule has 1 unspecified atom stereocenters. The number of hydrogen-bond donors (Lipinski definition) is 3. The van der Waals surface area contributed by atoms with Crippen LogP contribution in [-0.2, 0) is 24.0 Å². The second-order valence-corrected chi connectivity index (χ2v) is 13.1. The van der Waals surface area contributed by atoms with E-state index in [2.05, 4.69) is 10.6 Å². The molecule has 0 spiro atoms. The van der Waals surface area contributed by atoms with Crippen LogP contribution in [0.2, 0.25) is 0 Å². The van der Waals surface area contributed by atoms with Gasteiger partial charge in [0.05, 0.1) is 0 Å². The molecular formula is C26H43N5O5. The molecule has 36 heavy (non-hydrogen) atoms. The minimum atomic E-state index is -1.90. The number of hydrogen-bond acceptors (Lipinski definition) is 5. The Bertz CT molecular complexity index is 1020. The van der Waals surface area contributed by atoms with Crippen LogP contribution in [0.3, 0.4) is 0 Å². The normalized spacial score (nSPS) is 30.8. The zero-order valence-electron chi connectivity index (χ0n) is 24.7. The molecule has 3 aliphatic rings. The van der Waals surface area contributed by atoms with Crippen LogP contribution < -0.4 is 16.4 Å². The zero-order chi connectivity index (χ0) is 29.2. The van der Waals surface area contributed by atoms with Crippen molar-refractivity contribution >= 4 is 30.0 Å². The number of carbonyl (C=O) groups excluding carboxylic acids is 5. The first-order valence-corrected chi connectivity index (χ1v) is 12.6. The molecule has 0 aromatic heterocycles. The van der Waals surface area contributed by atoms with Gasteiger partial charge in [-0.05, 0) is 56.3 Å². The predicted molar refractivity (Wildman–Crippen MR) is 134 cm³/mol. The van der Waals surface area contributed by atoms with Gasteiger partial charge in [-0.25, -0.2) is 0 Å². The molecule has 202 valence electrons. The van der Waals surface area contributed by atoms with E-state index >= 15 is 0 Å². The SMILES string of the molecule is [2H]C1([2H])CC(C[C@H](NC(=O)[C@@H]2[C@@H]3[C@H](CN2C(=O)[C@@H](N(C=O)C(C)(C)C)C(C)(C)C)C3(C)C)C(N)=O)C(=O)N1. The third-order valence-electron chi connectivity index (χ3n) is 8.09. The Morgan fingerprint density at radius 2 is 1.89 bits per heavy atom. The minimum Gasteiger partial charge on any atom is -0.368 e. The van der Waals surface area contributed by atoms with Crippen molar-refractivity contribution in [3.63, 3.8) is 0 Å². The van der Waals surface area contributed by atoms with Gasteiger partial charge in [0.15, 0.2) is 0 Å². The fraction of sp³-hybridized carbons (Fsp3) is 0.808. The largest absolute Gasteiger partial charge is 0.368 e. The first kappa shape index (κ1) is 25.0. The summed E-state index contributed by atoms with van der Waals surface area (Å²) in [5, 5.41) is 4.91. The summed E-state index contributed by atoms with van der Waals surface area (Å²) in [6.45, 7) is 13.7. The third kappa shape index (κ3) is 5.09. The summed E-state index contributed by atoms with van der Waals surface area (Å²) in [6.07, 6.45) is 0.398. The highest BCUT2D eigenvalue weighted by Gasteiger charge is 2.70. The lowest BCUT2D eigenvalue weighted by molar-refractivity contribution is -0.154. The number of amides is 5. The number of carbonyl (C=O) groups is 5. The molecule has 2 heterocycles. The van der Waals surface area contributed by atoms with Gasteiger partial charge < -0.3 is 26.2 Å². The van der Waals surface area contributed by atoms with E-state index in [0.717, 1.165) is 0 Å². The van der Waals surface area contributed by atoms with E-state index in [0.29, 0.717) is 13.0 Å². The lowest BCUT2D eigenvalue weighted by Gasteiger charge is -2.46. The van der Waals surface area contributed by atoms with Crippen molar-refractivity contribution < 1.29 is 26.7 Å². The fourth-order valence-electron chi connectivity index (χ4n) is 5.92. The molecule has 0 bridgehead atoms. The van der Waals surface area contributed by atoms with Gasteiger partial charge in [-0.15, -0.1) is 0 Å². The Kier molecular flexibility index (Phi) is 6.49. The van der Waals surface area contributed by atoms with Crippen LogP contribution in [0.25, 0.3) is 0 Å². The number of fused-ring (bicyclic) bond motifs is 1. The Morgan fingerprint density at radius 3 is 2.33 bits per heavy atom. The summed E-state index contributed by atoms with van der Waals surface area (Å²) in [5.41, 5.74) is 4.12. The topological polar surface area (TPSA) is 142 Å². The van der Waals surface area contributed by atoms with Gasteiger partial charge in [-0.2, -0.15) is 0 Å². The quantitative estimate of drug-likeness (QED) is 0.413. The summed E-state index contributed by atoms with van der Waals surface area (Å²) < 4.78 is 15.5. The molecular weight excluding hydrogens is 462 g/mol. The molecule has 6 atom stereocenters. The van der Waals surface area contributed by atoms with Crippen LogP contribution >= 0.6 is 0 Å². The van der Waals surface area contributed by atoms with E-state index in [9.17, 15) is 24.0 Å². The molecule has 1 saturated carbocycles. The number of nitrogens with two attached hydrogens (primary N) is 1. The average Bonchev–Trinajstić information content (AvgIpc) is 3.03. The molecule has 10 nitrogen and oxygen atoms in total. The van der Waals surface area contributed by atoms with E-state index in [-0.39, 0.29) is 36.0 Å². The maximum absolute atomic E-state index is 14.1. The van der Waals surface area contributed by atoms with Crippen molar-refractivity contribution in [2.24, 2.45) is 34.3 Å². The maximum Gasteiger partial charge on any atom is 0.246 e. The van der Waals surface area contributed by atoms with Crippen LogP contribution in [0.15, 0.2) is 0 Å². The standard InChI is InChI=1S/C26H43N5O5/c1-24(2,3)19(31(13-32)25(4,5)6)23(36)30-12-15-17(26(15,7)8)18(30)22(35)29-16(20(27)33)11-14-9-10-28-21(14)34/h13-19H,9-12H2,1-8H3,(H2,27,33)(H,28,34)(H,29,35)/t14?,15-,16-,17-,18-,19+/m0/s1/i10D2. The van der Waals surface area contributed by atoms with Gasteiger partial charge in [0.1, 0.15) is 18.1 Å². The highest BCUT2D eigenvalue weighted by molar-refractivity contribution is 5.95. The summed E-state index contributed by atoms with van der Waals surface area (Å²) in [5.74, 6) is -3.13. The van der Waals surface area contributed by atoms with Crippen LogP contribution in [0, 0.1) is 28.6 Å². The Hall–Kier alpha value is -2.65. The number of likely N-dealkylation sites (tertiary alicyclic amines) is 1. The molecule has 3 fully saturated rings. The Labute approximate surface area is 216 Å². The maximum atomic E-state index is 14.1. The number of piperidine rings is 1. The van der Waals surface area contributed by atoms with Crippen LogP contribution in [0.5, 0.6) is 0 Å². The van der Waals surface area contributed by atoms with E-state index in [1.165, 1.54) is 9.80 Å². The molecule has 2 saturated heterocycles. The highest BCUT2D eigenvalue weighted by Crippen LogP contribution is 2.65. The van der Waals surface area contributed by atoms with E-state index in [1.54, 1.807) is 0 Å². The number of nitrogens with one attached hydrogen (secondary N) is 2. The smallest absolute Gasteiger partial charge is 0.246 e. The van der Waals surface area contributed by atoms with Crippen LogP contribution in [0.1, 0.15) is 71.0 Å². The van der Waals surface area contributed by atoms with Crippen molar-refractivity contribution in [2.45, 2.75) is 91.9 Å². The molecule has 0 aromatic carbocycles. The molecule has 0 aromatic rings. The van der Waals surface area contributed by atoms with Crippen LogP contribution in [0.4, 0.5) is 0 Å². The van der Waals surface area contributed by atoms with Gasteiger partial charge in [-0.1, -0.05) is 34.6 Å². The van der Waals surface area contributed by atoms with Crippen molar-refractivity contribution in [2.75, 3.05) is 13.0 Å². The lowest BCUT2D eigenvalue weighted by Crippen LogP contribution is -2.63. The van der Waals surface area contributed by atoms with Gasteiger partial charge in [-0.3, -0.25) is 24.0 Å². The summed E-state index contributed by atoms with van der Waals surface area (Å²) >= 11 is 0. The second kappa shape index (κ2) is 9.34. The molecule has 4 N–H and O–H groups in total. The van der Waals surface area contributed by atoms with E-state index in [4.69, 9.17) is 8.48 Å². The average molecular weight is 508 g/mol. The van der Waals surface area contributed by atoms with E-state index in [1.807, 2.05) is 55.4 Å². The summed E-state index contributed by atoms with van der Waals surface area (Å²) in [4.78, 5) is 67.5. The molecule has 1 aliphatic carbocycles. The minimum absolute atomic E-state index is 0.0852. The zero-order valence-corrected chi connectivity index (χ0v) is 22.7. The van der Waals surface area contributed by atoms with Crippen molar-refractivity contribution in [1.82, 2.24) is 20.4 Å². The second-order valence-electron chi connectivity index (χ2n) is 13.1. The van der Waals surface area contributed by atoms with Gasteiger partial charge in [0.2, 0.25) is 30.0 Å². The lowest BCUT2D eigenvalue weighted by atomic mass is 9.82. The monoisotopic (exact) mass is 507 g/mol. The molecule has 2 aliphatic heterocycles. The highest BCUT2D eigenvalue weighted by atomic mass is 16.2. The van der Waals surface area contributed by atoms with Gasteiger partial charge in [0.25, 0.3) is 0 Å². The fourth-order valence-corrected chi connectivity index (χ4v) is 5.92. The van der Waals surface area contributed by atoms with Crippen molar-refractivity contribution in [3.8, 4) is 0 Å². The van der Waals surface area contributed by atoms with Crippen LogP contribution in [-0.4, -0.2) is 76.5 Å². The summed E-state index contributed by atoms with van der Waals surface area (Å²) in [7, 11) is 0. The van der Waals surface area contributed by atoms with Gasteiger partial charge >= 0.3 is 0 Å². The first-order chi connectivity index (χ1) is 17.1. The molecule has 10 heteroatoms. The van der Waals surface area contributed by atoms with Crippen molar-refractivity contribution in [3.05, 3.63) is 0 Å². The number of primary amides is 1. The molecule has 3 rings (SSSR count). The number of nitrogens with zero attached hydrogens (tertiary/aromatic N) is 2. The number of rotatable bonds is 8. The van der Waals surface area contributed by atoms with Gasteiger partial charge in [0, 0.05) is 27.2 Å². The van der Waals surface area contributed by atoms with Crippen molar-refractivity contribution in [1.29, 1.82) is 0 Å². The Balaban J connectivity index is 1.88. The third-order valence-corrected chi connectivity index (χ3v) is 8.09. The molecule has 5 amide bonds. The predicted octanol–water partition coefficient (Wildman–Crippen LogP) is 0.637. The first-order valence-electron chi connectivity index (χ1n) is 13.6. The molecule has 0 radical (unpaired) electrons. The Morgan fingerprint density at radius 1 is 1.28 bits per heavy atom.